The molecule has 3 nitrogen and oxygen atoms in total. The molecular formula is C11H17N3. The van der Waals surface area contributed by atoms with E-state index in [9.17, 15) is 0 Å². The van der Waals surface area contributed by atoms with Gasteiger partial charge in [0.1, 0.15) is 0 Å². The summed E-state index contributed by atoms with van der Waals surface area (Å²) in [5.74, 6) is 0. The van der Waals surface area contributed by atoms with Crippen molar-refractivity contribution in [3.05, 3.63) is 24.5 Å². The second-order valence-electron chi connectivity index (χ2n) is 3.90. The minimum atomic E-state index is 0.690. The minimum Gasteiger partial charge on any atom is -0.382 e. The first kappa shape index (κ1) is 9.46. The lowest BCUT2D eigenvalue weighted by molar-refractivity contribution is 0.322. The Morgan fingerprint density at radius 3 is 3.21 bits per heavy atom. The monoisotopic (exact) mass is 191 g/mol. The van der Waals surface area contributed by atoms with Gasteiger partial charge in [0.25, 0.3) is 0 Å². The number of nitrogens with zero attached hydrogens (tertiary/aromatic N) is 2. The van der Waals surface area contributed by atoms with E-state index in [4.69, 9.17) is 0 Å². The first-order chi connectivity index (χ1) is 6.86. The second-order valence-corrected chi connectivity index (χ2v) is 3.90. The summed E-state index contributed by atoms with van der Waals surface area (Å²) >= 11 is 0. The zero-order chi connectivity index (χ0) is 9.80. The highest BCUT2D eigenvalue weighted by atomic mass is 15.2. The molecule has 2 heterocycles. The van der Waals surface area contributed by atoms with Gasteiger partial charge in [0, 0.05) is 25.0 Å². The van der Waals surface area contributed by atoms with Crippen molar-refractivity contribution in [1.29, 1.82) is 0 Å². The number of aromatic nitrogens is 1. The van der Waals surface area contributed by atoms with E-state index in [1.54, 1.807) is 6.20 Å². The third-order valence-corrected chi connectivity index (χ3v) is 2.87. The fraction of sp³-hybridized carbons (Fsp3) is 0.545. The topological polar surface area (TPSA) is 28.2 Å². The fourth-order valence-electron chi connectivity index (χ4n) is 1.94. The highest BCUT2D eigenvalue weighted by Crippen LogP contribution is 2.15. The van der Waals surface area contributed by atoms with Gasteiger partial charge in [-0.3, -0.25) is 4.98 Å². The second kappa shape index (κ2) is 4.42. The Bertz CT molecular complexity index is 273. The molecule has 0 aliphatic carbocycles. The van der Waals surface area contributed by atoms with Gasteiger partial charge in [-0.05, 0) is 38.6 Å². The summed E-state index contributed by atoms with van der Waals surface area (Å²) in [6, 6.07) is 4.71. The third-order valence-electron chi connectivity index (χ3n) is 2.87. The van der Waals surface area contributed by atoms with Crippen molar-refractivity contribution in [2.75, 3.05) is 25.5 Å². The van der Waals surface area contributed by atoms with Crippen LogP contribution in [-0.4, -0.2) is 36.1 Å². The first-order valence-corrected chi connectivity index (χ1v) is 5.20. The van der Waals surface area contributed by atoms with Crippen molar-refractivity contribution in [3.8, 4) is 0 Å². The van der Waals surface area contributed by atoms with E-state index in [0.29, 0.717) is 6.04 Å². The summed E-state index contributed by atoms with van der Waals surface area (Å²) in [5, 5.41) is 3.41. The molecule has 1 aromatic rings. The molecule has 1 fully saturated rings. The number of nitrogens with one attached hydrogen (secondary N) is 1. The van der Waals surface area contributed by atoms with Crippen LogP contribution in [-0.2, 0) is 0 Å². The largest absolute Gasteiger partial charge is 0.382 e. The van der Waals surface area contributed by atoms with Crippen LogP contribution in [0.2, 0.25) is 0 Å². The van der Waals surface area contributed by atoms with E-state index in [1.165, 1.54) is 19.4 Å². The van der Waals surface area contributed by atoms with Crippen LogP contribution in [0.1, 0.15) is 12.8 Å². The molecule has 0 spiro atoms. The summed E-state index contributed by atoms with van der Waals surface area (Å²) in [7, 11) is 2.20. The molecular weight excluding hydrogens is 174 g/mol. The van der Waals surface area contributed by atoms with Crippen LogP contribution in [0.3, 0.4) is 0 Å². The lowest BCUT2D eigenvalue weighted by Crippen LogP contribution is -2.31. The summed E-state index contributed by atoms with van der Waals surface area (Å²) in [6.45, 7) is 2.27. The highest BCUT2D eigenvalue weighted by Gasteiger charge is 2.19. The number of likely N-dealkylation sites (N-methyl/N-ethyl adjacent to an activating group) is 1. The normalized spacial score (nSPS) is 22.5. The van der Waals surface area contributed by atoms with Crippen LogP contribution < -0.4 is 5.32 Å². The maximum absolute atomic E-state index is 4.07. The standard InChI is InChI=1S/C11H17N3/c1-14-7-3-5-11(14)9-13-10-4-2-6-12-8-10/h2,4,6,8,11,13H,3,5,7,9H2,1H3/t11-/m0/s1. The molecule has 0 radical (unpaired) electrons. The van der Waals surface area contributed by atoms with Gasteiger partial charge in [0.2, 0.25) is 0 Å². The minimum absolute atomic E-state index is 0.690. The predicted octanol–water partition coefficient (Wildman–Crippen LogP) is 1.59. The average molecular weight is 191 g/mol. The lowest BCUT2D eigenvalue weighted by Gasteiger charge is -2.20. The zero-order valence-electron chi connectivity index (χ0n) is 8.61. The molecule has 0 bridgehead atoms. The number of anilines is 1. The molecule has 0 aromatic carbocycles. The molecule has 76 valence electrons. The van der Waals surface area contributed by atoms with Gasteiger partial charge < -0.3 is 10.2 Å². The summed E-state index contributed by atoms with van der Waals surface area (Å²) in [6.07, 6.45) is 6.31. The lowest BCUT2D eigenvalue weighted by atomic mass is 10.2. The van der Waals surface area contributed by atoms with Crippen molar-refractivity contribution in [2.24, 2.45) is 0 Å². The Morgan fingerprint density at radius 1 is 1.64 bits per heavy atom. The number of rotatable bonds is 3. The maximum Gasteiger partial charge on any atom is 0.0527 e. The van der Waals surface area contributed by atoms with E-state index in [2.05, 4.69) is 28.3 Å². The number of hydrogen-bond acceptors (Lipinski definition) is 3. The summed E-state index contributed by atoms with van der Waals surface area (Å²) < 4.78 is 0. The zero-order valence-corrected chi connectivity index (χ0v) is 8.61. The van der Waals surface area contributed by atoms with Crippen molar-refractivity contribution in [2.45, 2.75) is 18.9 Å². The van der Waals surface area contributed by atoms with Crippen molar-refractivity contribution in [1.82, 2.24) is 9.88 Å². The van der Waals surface area contributed by atoms with Gasteiger partial charge in [-0.2, -0.15) is 0 Å². The Labute approximate surface area is 85.1 Å². The van der Waals surface area contributed by atoms with Crippen molar-refractivity contribution >= 4 is 5.69 Å². The van der Waals surface area contributed by atoms with Crippen LogP contribution in [0.4, 0.5) is 5.69 Å². The van der Waals surface area contributed by atoms with Crippen LogP contribution in [0, 0.1) is 0 Å². The molecule has 1 aromatic heterocycles. The molecule has 1 N–H and O–H groups in total. The van der Waals surface area contributed by atoms with Crippen LogP contribution in [0.15, 0.2) is 24.5 Å². The van der Waals surface area contributed by atoms with Gasteiger partial charge >= 0.3 is 0 Å². The molecule has 1 aliphatic rings. The number of hydrogen-bond donors (Lipinski definition) is 1. The molecule has 1 aliphatic heterocycles. The molecule has 0 saturated carbocycles. The number of likely N-dealkylation sites (tertiary alicyclic amines) is 1. The molecule has 0 unspecified atom stereocenters. The van der Waals surface area contributed by atoms with E-state index < -0.39 is 0 Å². The van der Waals surface area contributed by atoms with Crippen LogP contribution >= 0.6 is 0 Å². The van der Waals surface area contributed by atoms with Crippen LogP contribution in [0.25, 0.3) is 0 Å². The molecule has 0 amide bonds. The first-order valence-electron chi connectivity index (χ1n) is 5.20. The van der Waals surface area contributed by atoms with E-state index in [1.807, 2.05) is 12.3 Å². The van der Waals surface area contributed by atoms with Gasteiger partial charge in [-0.1, -0.05) is 0 Å². The smallest absolute Gasteiger partial charge is 0.0527 e. The van der Waals surface area contributed by atoms with Crippen molar-refractivity contribution in [3.63, 3.8) is 0 Å². The van der Waals surface area contributed by atoms with Gasteiger partial charge in [0.05, 0.1) is 5.69 Å². The quantitative estimate of drug-likeness (QED) is 0.786. The average Bonchev–Trinajstić information content (AvgIpc) is 2.63. The predicted molar refractivity (Wildman–Crippen MR) is 58.4 cm³/mol. The van der Waals surface area contributed by atoms with Crippen molar-refractivity contribution < 1.29 is 0 Å². The Morgan fingerprint density at radius 2 is 2.57 bits per heavy atom. The molecule has 2 rings (SSSR count). The Balaban J connectivity index is 1.82. The molecule has 1 atom stereocenters. The Hall–Kier alpha value is -1.09. The van der Waals surface area contributed by atoms with Gasteiger partial charge in [0.15, 0.2) is 0 Å². The SMILES string of the molecule is CN1CCC[C@H]1CNc1cccnc1. The van der Waals surface area contributed by atoms with E-state index in [-0.39, 0.29) is 0 Å². The number of pyridine rings is 1. The van der Waals surface area contributed by atoms with E-state index in [0.717, 1.165) is 12.2 Å². The maximum atomic E-state index is 4.07. The highest BCUT2D eigenvalue weighted by molar-refractivity contribution is 5.39. The van der Waals surface area contributed by atoms with Gasteiger partial charge in [-0.15, -0.1) is 0 Å². The Kier molecular flexibility index (Phi) is 2.99. The third kappa shape index (κ3) is 2.23. The van der Waals surface area contributed by atoms with Crippen LogP contribution in [0.5, 0.6) is 0 Å². The van der Waals surface area contributed by atoms with Gasteiger partial charge in [-0.25, -0.2) is 0 Å². The summed E-state index contributed by atoms with van der Waals surface area (Å²) in [5.41, 5.74) is 1.12. The molecule has 14 heavy (non-hydrogen) atoms. The van der Waals surface area contributed by atoms with E-state index >= 15 is 0 Å². The summed E-state index contributed by atoms with van der Waals surface area (Å²) in [4.78, 5) is 6.49. The molecule has 3 heteroatoms. The molecule has 1 saturated heterocycles. The fourth-order valence-corrected chi connectivity index (χ4v) is 1.94.